The van der Waals surface area contributed by atoms with Crippen molar-refractivity contribution < 1.29 is 4.57 Å². The van der Waals surface area contributed by atoms with Gasteiger partial charge < -0.3 is 4.57 Å². The second-order valence-corrected chi connectivity index (χ2v) is 8.25. The molecule has 130 valence electrons. The number of thiophene rings is 1. The van der Waals surface area contributed by atoms with Crippen molar-refractivity contribution in [1.82, 2.24) is 14.5 Å². The van der Waals surface area contributed by atoms with Crippen LogP contribution in [0.1, 0.15) is 42.3 Å². The zero-order valence-electron chi connectivity index (χ0n) is 15.4. The molecule has 0 unspecified atom stereocenters. The smallest absolute Gasteiger partial charge is 0.287 e. The third-order valence-corrected chi connectivity index (χ3v) is 6.38. The van der Waals surface area contributed by atoms with Gasteiger partial charge in [-0.25, -0.2) is 9.55 Å². The summed E-state index contributed by atoms with van der Waals surface area (Å²) < 4.78 is 5.66. The Labute approximate surface area is 156 Å². The molecule has 0 aliphatic carbocycles. The summed E-state index contributed by atoms with van der Waals surface area (Å²) in [5.41, 5.74) is 9.01. The number of fused-ring (bicyclic) bond motifs is 4. The normalized spacial score (nSPS) is 12.8. The van der Waals surface area contributed by atoms with Gasteiger partial charge in [0.2, 0.25) is 5.52 Å². The molecule has 4 aromatic rings. The van der Waals surface area contributed by atoms with Crippen molar-refractivity contribution in [2.75, 3.05) is 0 Å². The quantitative estimate of drug-likeness (QED) is 0.439. The van der Waals surface area contributed by atoms with Gasteiger partial charge in [-0.15, -0.1) is 11.3 Å². The predicted molar refractivity (Wildman–Crippen MR) is 105 cm³/mol. The molecular formula is C21H21N4S+. The van der Waals surface area contributed by atoms with Crippen LogP contribution in [-0.4, -0.2) is 14.5 Å². The maximum absolute atomic E-state index is 4.76. The van der Waals surface area contributed by atoms with Crippen molar-refractivity contribution >= 4 is 21.6 Å². The van der Waals surface area contributed by atoms with Crippen LogP contribution in [0.3, 0.4) is 0 Å². The van der Waals surface area contributed by atoms with Crippen LogP contribution in [0.15, 0.2) is 36.2 Å². The molecule has 0 N–H and O–H groups in total. The van der Waals surface area contributed by atoms with E-state index in [-0.39, 0.29) is 0 Å². The number of hydrogen-bond acceptors (Lipinski definition) is 3. The van der Waals surface area contributed by atoms with Crippen LogP contribution in [0.5, 0.6) is 0 Å². The lowest BCUT2D eigenvalue weighted by molar-refractivity contribution is -0.662. The van der Waals surface area contributed by atoms with Gasteiger partial charge in [-0.1, -0.05) is 19.9 Å². The Morgan fingerprint density at radius 3 is 2.88 bits per heavy atom. The Kier molecular flexibility index (Phi) is 3.31. The molecule has 4 nitrogen and oxygen atoms in total. The van der Waals surface area contributed by atoms with Gasteiger partial charge in [0.15, 0.2) is 5.69 Å². The first-order valence-corrected chi connectivity index (χ1v) is 9.85. The minimum Gasteiger partial charge on any atom is -0.303 e. The number of aryl methyl sites for hydroxylation is 2. The van der Waals surface area contributed by atoms with E-state index in [2.05, 4.69) is 65.6 Å². The Morgan fingerprint density at radius 1 is 1.23 bits per heavy atom. The number of imidazole rings is 1. The molecule has 3 aromatic heterocycles. The van der Waals surface area contributed by atoms with Gasteiger partial charge in [-0.2, -0.15) is 0 Å². The lowest BCUT2D eigenvalue weighted by Crippen LogP contribution is -2.32. The lowest BCUT2D eigenvalue weighted by Gasteiger charge is -2.13. The fraction of sp³-hybridized carbons (Fsp3) is 0.286. The summed E-state index contributed by atoms with van der Waals surface area (Å²) in [5, 5.41) is 2.27. The van der Waals surface area contributed by atoms with E-state index in [1.54, 1.807) is 0 Å². The Balaban J connectivity index is 1.84. The van der Waals surface area contributed by atoms with Gasteiger partial charge in [0.1, 0.15) is 10.5 Å². The van der Waals surface area contributed by atoms with Crippen LogP contribution < -0.4 is 4.57 Å². The number of hydrogen-bond donors (Lipinski definition) is 0. The third kappa shape index (κ3) is 2.04. The molecule has 0 amide bonds. The average Bonchev–Trinajstić information content (AvgIpc) is 3.29. The molecule has 0 spiro atoms. The SMILES string of the molecule is Cc1ccc2c(c1-c1c3scc(C(C)C)c3nc[n+]1C)Cc1nccn1-2. The number of rotatable bonds is 2. The summed E-state index contributed by atoms with van der Waals surface area (Å²) in [7, 11) is 2.10. The standard InChI is InChI=1S/C21H21N4S/c1-12(2)15-10-26-21-19(15)23-11-24(4)20(21)18-13(3)5-6-16-14(18)9-17-22-7-8-25(16)17/h5-8,10-12H,9H2,1-4H3/q+1. The summed E-state index contributed by atoms with van der Waals surface area (Å²) in [5.74, 6) is 1.60. The van der Waals surface area contributed by atoms with Gasteiger partial charge in [0.05, 0.1) is 12.7 Å². The molecule has 0 radical (unpaired) electrons. The van der Waals surface area contributed by atoms with Gasteiger partial charge in [-0.3, -0.25) is 0 Å². The van der Waals surface area contributed by atoms with Crippen LogP contribution in [-0.2, 0) is 13.5 Å². The fourth-order valence-corrected chi connectivity index (χ4v) is 5.33. The molecule has 26 heavy (non-hydrogen) atoms. The topological polar surface area (TPSA) is 34.6 Å². The highest BCUT2D eigenvalue weighted by Gasteiger charge is 2.29. The largest absolute Gasteiger partial charge is 0.303 e. The van der Waals surface area contributed by atoms with E-state index in [1.807, 2.05) is 23.9 Å². The van der Waals surface area contributed by atoms with Crippen molar-refractivity contribution in [2.45, 2.75) is 33.1 Å². The van der Waals surface area contributed by atoms with Crippen molar-refractivity contribution in [1.29, 1.82) is 0 Å². The molecular weight excluding hydrogens is 340 g/mol. The predicted octanol–water partition coefficient (Wildman–Crippen LogP) is 4.31. The minimum atomic E-state index is 0.476. The lowest BCUT2D eigenvalue weighted by atomic mass is 9.95. The van der Waals surface area contributed by atoms with E-state index < -0.39 is 0 Å². The van der Waals surface area contributed by atoms with Crippen molar-refractivity contribution in [2.24, 2.45) is 7.05 Å². The minimum absolute atomic E-state index is 0.476. The Morgan fingerprint density at radius 2 is 2.08 bits per heavy atom. The van der Waals surface area contributed by atoms with Crippen LogP contribution in [0, 0.1) is 6.92 Å². The van der Waals surface area contributed by atoms with Crippen molar-refractivity contribution in [3.63, 3.8) is 0 Å². The highest BCUT2D eigenvalue weighted by molar-refractivity contribution is 7.17. The number of aromatic nitrogens is 4. The van der Waals surface area contributed by atoms with E-state index in [9.17, 15) is 0 Å². The molecule has 0 atom stereocenters. The second kappa shape index (κ2) is 5.48. The van der Waals surface area contributed by atoms with Gasteiger partial charge in [-0.05, 0) is 40.4 Å². The number of benzene rings is 1. The molecule has 1 aromatic carbocycles. The van der Waals surface area contributed by atoms with Crippen molar-refractivity contribution in [3.05, 3.63) is 58.7 Å². The summed E-state index contributed by atoms with van der Waals surface area (Å²) >= 11 is 1.81. The summed E-state index contributed by atoms with van der Waals surface area (Å²) in [6.45, 7) is 6.68. The van der Waals surface area contributed by atoms with Gasteiger partial charge in [0, 0.05) is 29.9 Å². The van der Waals surface area contributed by atoms with Gasteiger partial charge >= 0.3 is 0 Å². The number of nitrogens with zero attached hydrogens (tertiary/aromatic N) is 4. The first kappa shape index (κ1) is 15.7. The molecule has 0 saturated heterocycles. The molecule has 4 heterocycles. The summed E-state index contributed by atoms with van der Waals surface area (Å²) in [6.07, 6.45) is 6.79. The zero-order valence-corrected chi connectivity index (χ0v) is 16.3. The monoisotopic (exact) mass is 361 g/mol. The highest BCUT2D eigenvalue weighted by atomic mass is 32.1. The fourth-order valence-electron chi connectivity index (χ4n) is 4.06. The highest BCUT2D eigenvalue weighted by Crippen LogP contribution is 2.41. The second-order valence-electron chi connectivity index (χ2n) is 7.37. The summed E-state index contributed by atoms with van der Waals surface area (Å²) in [6, 6.07) is 4.45. The van der Waals surface area contributed by atoms with E-state index in [0.717, 1.165) is 17.8 Å². The van der Waals surface area contributed by atoms with Crippen molar-refractivity contribution in [3.8, 4) is 16.9 Å². The molecule has 5 heteroatoms. The molecule has 1 aliphatic heterocycles. The van der Waals surface area contributed by atoms with Crippen LogP contribution in [0.4, 0.5) is 0 Å². The molecule has 1 aliphatic rings. The summed E-state index contributed by atoms with van der Waals surface area (Å²) in [4.78, 5) is 9.29. The van der Waals surface area contributed by atoms with Gasteiger partial charge in [0.25, 0.3) is 6.33 Å². The first-order valence-electron chi connectivity index (χ1n) is 8.97. The average molecular weight is 361 g/mol. The molecule has 0 bridgehead atoms. The van der Waals surface area contributed by atoms with E-state index in [0.29, 0.717) is 5.92 Å². The Bertz CT molecular complexity index is 1170. The maximum Gasteiger partial charge on any atom is 0.287 e. The zero-order chi connectivity index (χ0) is 18.0. The first-order chi connectivity index (χ1) is 12.6. The maximum atomic E-state index is 4.76. The molecule has 5 rings (SSSR count). The molecule has 0 saturated carbocycles. The van der Waals surface area contributed by atoms with Crippen LogP contribution in [0.25, 0.3) is 27.2 Å². The van der Waals surface area contributed by atoms with Crippen LogP contribution in [0.2, 0.25) is 0 Å². The van der Waals surface area contributed by atoms with E-state index in [1.165, 1.54) is 38.3 Å². The Hall–Kier alpha value is -2.53. The molecule has 0 fully saturated rings. The van der Waals surface area contributed by atoms with E-state index in [4.69, 9.17) is 4.98 Å². The van der Waals surface area contributed by atoms with Crippen LogP contribution >= 0.6 is 11.3 Å². The van der Waals surface area contributed by atoms with E-state index >= 15 is 0 Å². The third-order valence-electron chi connectivity index (χ3n) is 5.39.